The van der Waals surface area contributed by atoms with Crippen LogP contribution < -0.4 is 20.1 Å². The maximum absolute atomic E-state index is 12.8. The van der Waals surface area contributed by atoms with E-state index in [9.17, 15) is 9.59 Å². The molecule has 0 aliphatic heterocycles. The lowest BCUT2D eigenvalue weighted by molar-refractivity contribution is -0.122. The fourth-order valence-electron chi connectivity index (χ4n) is 2.93. The van der Waals surface area contributed by atoms with Gasteiger partial charge in [-0.05, 0) is 66.8 Å². The Hall–Kier alpha value is -2.09. The van der Waals surface area contributed by atoms with Crippen LogP contribution in [0.1, 0.15) is 22.3 Å². The molecule has 31 heavy (non-hydrogen) atoms. The molecule has 0 fully saturated rings. The molecule has 168 valence electrons. The van der Waals surface area contributed by atoms with E-state index < -0.39 is 11.9 Å². The number of benzene rings is 2. The maximum atomic E-state index is 12.8. The minimum Gasteiger partial charge on any atom is -0.497 e. The van der Waals surface area contributed by atoms with Gasteiger partial charge in [0.15, 0.2) is 0 Å². The van der Waals surface area contributed by atoms with E-state index in [0.717, 1.165) is 17.1 Å². The molecule has 0 aromatic heterocycles. The van der Waals surface area contributed by atoms with Crippen LogP contribution in [0.3, 0.4) is 0 Å². The number of thioether (sulfide) groups is 1. The summed E-state index contributed by atoms with van der Waals surface area (Å²) < 4.78 is 10.6. The van der Waals surface area contributed by atoms with Gasteiger partial charge < -0.3 is 20.1 Å². The second-order valence-electron chi connectivity index (χ2n) is 6.65. The Bertz CT molecular complexity index is 911. The molecular formula is C22H26Cl2N2O4S. The predicted molar refractivity (Wildman–Crippen MR) is 127 cm³/mol. The monoisotopic (exact) mass is 484 g/mol. The van der Waals surface area contributed by atoms with E-state index in [0.29, 0.717) is 30.2 Å². The number of amides is 2. The van der Waals surface area contributed by atoms with E-state index in [2.05, 4.69) is 10.6 Å². The number of hydrogen-bond donors (Lipinski definition) is 2. The molecule has 0 spiro atoms. The normalized spacial score (nSPS) is 11.5. The first-order valence-electron chi connectivity index (χ1n) is 9.63. The van der Waals surface area contributed by atoms with Crippen LogP contribution in [0.25, 0.3) is 0 Å². The van der Waals surface area contributed by atoms with Crippen molar-refractivity contribution in [3.63, 3.8) is 0 Å². The van der Waals surface area contributed by atoms with E-state index in [1.807, 2.05) is 24.5 Å². The molecule has 0 heterocycles. The molecule has 2 rings (SSSR count). The topological polar surface area (TPSA) is 76.7 Å². The summed E-state index contributed by atoms with van der Waals surface area (Å²) in [5.41, 5.74) is 1.19. The van der Waals surface area contributed by atoms with Crippen molar-refractivity contribution in [1.29, 1.82) is 0 Å². The summed E-state index contributed by atoms with van der Waals surface area (Å²) in [6, 6.07) is 9.46. The first-order chi connectivity index (χ1) is 14.9. The highest BCUT2D eigenvalue weighted by Crippen LogP contribution is 2.24. The highest BCUT2D eigenvalue weighted by Gasteiger charge is 2.22. The Labute approximate surface area is 197 Å². The first-order valence-corrected chi connectivity index (χ1v) is 11.8. The molecule has 0 saturated heterocycles. The molecule has 1 unspecified atom stereocenters. The quantitative estimate of drug-likeness (QED) is 0.499. The van der Waals surface area contributed by atoms with E-state index in [1.165, 1.54) is 6.07 Å². The van der Waals surface area contributed by atoms with Gasteiger partial charge in [-0.2, -0.15) is 11.8 Å². The van der Waals surface area contributed by atoms with Gasteiger partial charge in [-0.15, -0.1) is 0 Å². The third kappa shape index (κ3) is 7.52. The first kappa shape index (κ1) is 25.2. The molecular weight excluding hydrogens is 459 g/mol. The van der Waals surface area contributed by atoms with Gasteiger partial charge in [0.05, 0.1) is 24.8 Å². The number of ether oxygens (including phenoxy) is 2. The standard InChI is InChI=1S/C22H26Cl2N2O4S/c1-29-16-5-7-20(30-2)14(12-16)8-10-25-22(28)19(9-11-31-3)26-21(27)17-6-4-15(23)13-18(17)24/h4-7,12-13,19H,8-11H2,1-3H3,(H,25,28)(H,26,27). The van der Waals surface area contributed by atoms with Crippen LogP contribution in [0, 0.1) is 0 Å². The van der Waals surface area contributed by atoms with Crippen molar-refractivity contribution in [2.45, 2.75) is 18.9 Å². The third-order valence-electron chi connectivity index (χ3n) is 4.59. The molecule has 9 heteroatoms. The predicted octanol–water partition coefficient (Wildman–Crippen LogP) is 4.22. The second kappa shape index (κ2) is 12.7. The third-order valence-corrected chi connectivity index (χ3v) is 5.78. The Balaban J connectivity index is 2.02. The van der Waals surface area contributed by atoms with Gasteiger partial charge in [0.1, 0.15) is 17.5 Å². The zero-order valence-corrected chi connectivity index (χ0v) is 20.0. The number of carbonyl (C=O) groups excluding carboxylic acids is 2. The van der Waals surface area contributed by atoms with Gasteiger partial charge in [0.2, 0.25) is 5.91 Å². The maximum Gasteiger partial charge on any atom is 0.253 e. The minimum atomic E-state index is -0.682. The molecule has 6 nitrogen and oxygen atoms in total. The fourth-order valence-corrected chi connectivity index (χ4v) is 3.90. The van der Waals surface area contributed by atoms with E-state index in [-0.39, 0.29) is 16.5 Å². The molecule has 1 atom stereocenters. The number of rotatable bonds is 11. The lowest BCUT2D eigenvalue weighted by atomic mass is 10.1. The van der Waals surface area contributed by atoms with Gasteiger partial charge in [-0.1, -0.05) is 23.2 Å². The number of hydrogen-bond acceptors (Lipinski definition) is 5. The number of nitrogens with one attached hydrogen (secondary N) is 2. The van der Waals surface area contributed by atoms with E-state index in [1.54, 1.807) is 38.1 Å². The number of carbonyl (C=O) groups is 2. The molecule has 0 bridgehead atoms. The molecule has 2 aromatic rings. The lowest BCUT2D eigenvalue weighted by Crippen LogP contribution is -2.47. The van der Waals surface area contributed by atoms with Crippen LogP contribution in [0.4, 0.5) is 0 Å². The summed E-state index contributed by atoms with van der Waals surface area (Å²) in [4.78, 5) is 25.4. The van der Waals surface area contributed by atoms with Crippen molar-refractivity contribution in [1.82, 2.24) is 10.6 Å². The molecule has 0 aliphatic rings. The van der Waals surface area contributed by atoms with E-state index >= 15 is 0 Å². The smallest absolute Gasteiger partial charge is 0.253 e. The molecule has 2 amide bonds. The highest BCUT2D eigenvalue weighted by molar-refractivity contribution is 7.98. The molecule has 0 aliphatic carbocycles. The zero-order valence-electron chi connectivity index (χ0n) is 17.7. The van der Waals surface area contributed by atoms with Crippen molar-refractivity contribution in [2.75, 3.05) is 32.8 Å². The summed E-state index contributed by atoms with van der Waals surface area (Å²) in [7, 11) is 3.19. The zero-order chi connectivity index (χ0) is 22.8. The van der Waals surface area contributed by atoms with Crippen LogP contribution in [0.2, 0.25) is 10.0 Å². The lowest BCUT2D eigenvalue weighted by Gasteiger charge is -2.19. The summed E-state index contributed by atoms with van der Waals surface area (Å²) in [5.74, 6) is 1.48. The van der Waals surface area contributed by atoms with Gasteiger partial charge in [0.25, 0.3) is 5.91 Å². The number of methoxy groups -OCH3 is 2. The molecule has 0 saturated carbocycles. The Morgan fingerprint density at radius 1 is 1.10 bits per heavy atom. The van der Waals surface area contributed by atoms with Crippen molar-refractivity contribution in [3.8, 4) is 11.5 Å². The molecule has 2 aromatic carbocycles. The summed E-state index contributed by atoms with van der Waals surface area (Å²) in [6.45, 7) is 0.385. The SMILES string of the molecule is COc1ccc(OC)c(CCNC(=O)C(CCSC)NC(=O)c2ccc(Cl)cc2Cl)c1. The van der Waals surface area contributed by atoms with Crippen LogP contribution in [-0.2, 0) is 11.2 Å². The molecule has 0 radical (unpaired) electrons. The summed E-state index contributed by atoms with van der Waals surface area (Å²) in [5, 5.41) is 6.35. The van der Waals surface area contributed by atoms with Gasteiger partial charge >= 0.3 is 0 Å². The van der Waals surface area contributed by atoms with Crippen LogP contribution in [0.5, 0.6) is 11.5 Å². The van der Waals surface area contributed by atoms with Crippen LogP contribution in [-0.4, -0.2) is 50.6 Å². The summed E-state index contributed by atoms with van der Waals surface area (Å²) in [6.07, 6.45) is 2.99. The Kier molecular flexibility index (Phi) is 10.3. The average Bonchev–Trinajstić information content (AvgIpc) is 2.76. The highest BCUT2D eigenvalue weighted by atomic mass is 35.5. The van der Waals surface area contributed by atoms with Crippen molar-refractivity contribution in [2.24, 2.45) is 0 Å². The minimum absolute atomic E-state index is 0.235. The van der Waals surface area contributed by atoms with E-state index in [4.69, 9.17) is 32.7 Å². The second-order valence-corrected chi connectivity index (χ2v) is 8.48. The van der Waals surface area contributed by atoms with Gasteiger partial charge in [-0.3, -0.25) is 9.59 Å². The van der Waals surface area contributed by atoms with Gasteiger partial charge in [0, 0.05) is 11.6 Å². The van der Waals surface area contributed by atoms with Crippen LogP contribution >= 0.6 is 35.0 Å². The summed E-state index contributed by atoms with van der Waals surface area (Å²) >= 11 is 13.6. The number of halogens is 2. The van der Waals surface area contributed by atoms with Crippen molar-refractivity contribution < 1.29 is 19.1 Å². The van der Waals surface area contributed by atoms with Crippen LogP contribution in [0.15, 0.2) is 36.4 Å². The fraction of sp³-hybridized carbons (Fsp3) is 0.364. The van der Waals surface area contributed by atoms with Gasteiger partial charge in [-0.25, -0.2) is 0 Å². The largest absolute Gasteiger partial charge is 0.497 e. The van der Waals surface area contributed by atoms with Crippen molar-refractivity contribution >= 4 is 46.8 Å². The Morgan fingerprint density at radius 3 is 2.52 bits per heavy atom. The Morgan fingerprint density at radius 2 is 1.87 bits per heavy atom. The van der Waals surface area contributed by atoms with Crippen molar-refractivity contribution in [3.05, 3.63) is 57.6 Å². The average molecular weight is 485 g/mol. The molecule has 2 N–H and O–H groups in total.